The van der Waals surface area contributed by atoms with Crippen molar-refractivity contribution < 1.29 is 4.79 Å². The predicted molar refractivity (Wildman–Crippen MR) is 74.0 cm³/mol. The van der Waals surface area contributed by atoms with Crippen molar-refractivity contribution in [1.29, 1.82) is 0 Å². The molecule has 0 saturated carbocycles. The van der Waals surface area contributed by atoms with Gasteiger partial charge in [0.05, 0.1) is 6.04 Å². The average Bonchev–Trinajstić information content (AvgIpc) is 2.08. The van der Waals surface area contributed by atoms with Gasteiger partial charge in [0.1, 0.15) is 0 Å². The molecule has 0 aliphatic carbocycles. The van der Waals surface area contributed by atoms with Gasteiger partial charge in [0.15, 0.2) is 5.78 Å². The fourth-order valence-electron chi connectivity index (χ4n) is 1.76. The van der Waals surface area contributed by atoms with Gasteiger partial charge < -0.3 is 5.73 Å². The van der Waals surface area contributed by atoms with Gasteiger partial charge in [0.2, 0.25) is 0 Å². The summed E-state index contributed by atoms with van der Waals surface area (Å²) in [7, 11) is 2.01. The third kappa shape index (κ3) is 5.17. The van der Waals surface area contributed by atoms with Crippen LogP contribution < -0.4 is 5.73 Å². The Morgan fingerprint density at radius 3 is 1.82 bits per heavy atom. The summed E-state index contributed by atoms with van der Waals surface area (Å²) in [5, 5.41) is 0. The van der Waals surface area contributed by atoms with Gasteiger partial charge in [-0.05, 0) is 41.2 Å². The zero-order valence-electron chi connectivity index (χ0n) is 12.8. The lowest BCUT2D eigenvalue weighted by molar-refractivity contribution is -0.133. The van der Waals surface area contributed by atoms with Gasteiger partial charge in [-0.1, -0.05) is 20.8 Å². The molecule has 3 heteroatoms. The third-order valence-electron chi connectivity index (χ3n) is 3.16. The summed E-state index contributed by atoms with van der Waals surface area (Å²) in [6, 6.07) is -0.0638. The summed E-state index contributed by atoms with van der Waals surface area (Å²) in [5.74, 6) is 0.271. The number of ketones is 1. The fourth-order valence-corrected chi connectivity index (χ4v) is 1.76. The van der Waals surface area contributed by atoms with Gasteiger partial charge in [0.25, 0.3) is 0 Å². The smallest absolute Gasteiger partial charge is 0.155 e. The van der Waals surface area contributed by atoms with Crippen LogP contribution in [0.3, 0.4) is 0 Å². The highest BCUT2D eigenvalue weighted by molar-refractivity contribution is 5.88. The molecule has 0 fully saturated rings. The second kappa shape index (κ2) is 5.49. The molecule has 0 aromatic heterocycles. The lowest BCUT2D eigenvalue weighted by Gasteiger charge is -2.40. The molecule has 2 N–H and O–H groups in total. The maximum absolute atomic E-state index is 12.5. The standard InChI is InChI=1S/C14H30N2O/c1-10(15)9-11(12(17)13(2,3)4)16(8)14(5,6)7/h10-11H,9,15H2,1-8H3/t10?,11-/m0/s1. The highest BCUT2D eigenvalue weighted by Gasteiger charge is 2.36. The van der Waals surface area contributed by atoms with Gasteiger partial charge in [-0.15, -0.1) is 0 Å². The van der Waals surface area contributed by atoms with E-state index < -0.39 is 0 Å². The van der Waals surface area contributed by atoms with E-state index in [9.17, 15) is 4.79 Å². The minimum absolute atomic E-state index is 0.0273. The monoisotopic (exact) mass is 242 g/mol. The predicted octanol–water partition coefficient (Wildman–Crippen LogP) is 2.44. The van der Waals surface area contributed by atoms with Crippen LogP contribution in [0.5, 0.6) is 0 Å². The maximum Gasteiger partial charge on any atom is 0.155 e. The molecule has 0 radical (unpaired) electrons. The molecule has 102 valence electrons. The molecule has 0 saturated heterocycles. The first kappa shape index (κ1) is 16.6. The van der Waals surface area contributed by atoms with Crippen molar-refractivity contribution in [3.05, 3.63) is 0 Å². The second-order valence-corrected chi connectivity index (χ2v) is 7.12. The summed E-state index contributed by atoms with van der Waals surface area (Å²) in [6.07, 6.45) is 0.712. The van der Waals surface area contributed by atoms with Crippen molar-refractivity contribution >= 4 is 5.78 Å². The van der Waals surface area contributed by atoms with Gasteiger partial charge in [-0.2, -0.15) is 0 Å². The molecule has 0 aliphatic heterocycles. The highest BCUT2D eigenvalue weighted by atomic mass is 16.1. The van der Waals surface area contributed by atoms with Crippen molar-refractivity contribution in [1.82, 2.24) is 4.90 Å². The van der Waals surface area contributed by atoms with E-state index in [1.165, 1.54) is 0 Å². The number of rotatable bonds is 4. The Morgan fingerprint density at radius 2 is 1.59 bits per heavy atom. The Hall–Kier alpha value is -0.410. The molecule has 0 heterocycles. The first-order valence-corrected chi connectivity index (χ1v) is 6.40. The summed E-state index contributed by atoms with van der Waals surface area (Å²) in [6.45, 7) is 14.2. The normalized spacial score (nSPS) is 17.1. The number of likely N-dealkylation sites (N-methyl/N-ethyl adjacent to an activating group) is 1. The van der Waals surface area contributed by atoms with Crippen LogP contribution in [0.2, 0.25) is 0 Å². The molecule has 0 aliphatic rings. The summed E-state index contributed by atoms with van der Waals surface area (Å²) in [5.41, 5.74) is 5.53. The van der Waals surface area contributed by atoms with E-state index in [-0.39, 0.29) is 28.8 Å². The van der Waals surface area contributed by atoms with E-state index >= 15 is 0 Å². The van der Waals surface area contributed by atoms with Crippen LogP contribution in [0.1, 0.15) is 54.9 Å². The van der Waals surface area contributed by atoms with Gasteiger partial charge >= 0.3 is 0 Å². The van der Waals surface area contributed by atoms with E-state index in [2.05, 4.69) is 25.7 Å². The Kier molecular flexibility index (Phi) is 5.36. The van der Waals surface area contributed by atoms with Crippen LogP contribution in [0.15, 0.2) is 0 Å². The molecule has 0 aromatic rings. The molecule has 0 amide bonds. The molecule has 0 aromatic carbocycles. The van der Waals surface area contributed by atoms with Crippen LogP contribution in [-0.2, 0) is 4.79 Å². The molecular formula is C14H30N2O. The highest BCUT2D eigenvalue weighted by Crippen LogP contribution is 2.25. The number of nitrogens with zero attached hydrogens (tertiary/aromatic N) is 1. The molecule has 1 unspecified atom stereocenters. The Balaban J connectivity index is 5.09. The summed E-state index contributed by atoms with van der Waals surface area (Å²) in [4.78, 5) is 14.6. The molecule has 3 nitrogen and oxygen atoms in total. The molecule has 0 bridgehead atoms. The first-order chi connectivity index (χ1) is 7.37. The van der Waals surface area contributed by atoms with Crippen molar-refractivity contribution in [2.75, 3.05) is 7.05 Å². The lowest BCUT2D eigenvalue weighted by Crippen LogP contribution is -2.53. The minimum Gasteiger partial charge on any atom is -0.328 e. The average molecular weight is 242 g/mol. The van der Waals surface area contributed by atoms with Crippen LogP contribution in [0.25, 0.3) is 0 Å². The number of carbonyl (C=O) groups is 1. The van der Waals surface area contributed by atoms with Crippen molar-refractivity contribution in [3.8, 4) is 0 Å². The van der Waals surface area contributed by atoms with E-state index in [4.69, 9.17) is 5.73 Å². The van der Waals surface area contributed by atoms with Gasteiger partial charge in [0, 0.05) is 17.0 Å². The van der Waals surface area contributed by atoms with E-state index in [1.807, 2.05) is 34.7 Å². The fraction of sp³-hybridized carbons (Fsp3) is 0.929. The third-order valence-corrected chi connectivity index (χ3v) is 3.16. The quantitative estimate of drug-likeness (QED) is 0.823. The summed E-state index contributed by atoms with van der Waals surface area (Å²) < 4.78 is 0. The van der Waals surface area contributed by atoms with Crippen LogP contribution >= 0.6 is 0 Å². The number of nitrogens with two attached hydrogens (primary N) is 1. The topological polar surface area (TPSA) is 46.3 Å². The summed E-state index contributed by atoms with van der Waals surface area (Å²) >= 11 is 0. The minimum atomic E-state index is -0.320. The Bertz CT molecular complexity index is 258. The number of hydrogen-bond donors (Lipinski definition) is 1. The Labute approximate surface area is 107 Å². The van der Waals surface area contributed by atoms with Crippen LogP contribution in [0.4, 0.5) is 0 Å². The van der Waals surface area contributed by atoms with Crippen molar-refractivity contribution in [2.24, 2.45) is 11.1 Å². The van der Waals surface area contributed by atoms with Gasteiger partial charge in [-0.25, -0.2) is 0 Å². The molecule has 0 spiro atoms. The zero-order chi connectivity index (χ0) is 14.0. The first-order valence-electron chi connectivity index (χ1n) is 6.40. The van der Waals surface area contributed by atoms with E-state index in [1.54, 1.807) is 0 Å². The largest absolute Gasteiger partial charge is 0.328 e. The second-order valence-electron chi connectivity index (χ2n) is 7.12. The Morgan fingerprint density at radius 1 is 1.18 bits per heavy atom. The SMILES string of the molecule is CC(N)C[C@@H](C(=O)C(C)(C)C)N(C)C(C)(C)C. The van der Waals surface area contributed by atoms with E-state index in [0.717, 1.165) is 0 Å². The van der Waals surface area contributed by atoms with E-state index in [0.29, 0.717) is 6.42 Å². The molecule has 0 rings (SSSR count). The van der Waals surface area contributed by atoms with Crippen LogP contribution in [-0.4, -0.2) is 35.4 Å². The maximum atomic E-state index is 12.5. The van der Waals surface area contributed by atoms with Crippen molar-refractivity contribution in [2.45, 2.75) is 72.5 Å². The molecule has 17 heavy (non-hydrogen) atoms. The zero-order valence-corrected chi connectivity index (χ0v) is 12.8. The number of Topliss-reactive ketones (excluding diaryl/α,β-unsaturated/α-hetero) is 1. The van der Waals surface area contributed by atoms with Gasteiger partial charge in [-0.3, -0.25) is 9.69 Å². The molecule has 2 atom stereocenters. The number of hydrogen-bond acceptors (Lipinski definition) is 3. The van der Waals surface area contributed by atoms with Crippen LogP contribution in [0, 0.1) is 5.41 Å². The lowest BCUT2D eigenvalue weighted by atomic mass is 9.82. The molecular weight excluding hydrogens is 212 g/mol. The number of carbonyl (C=O) groups excluding carboxylic acids is 1. The van der Waals surface area contributed by atoms with Crippen molar-refractivity contribution in [3.63, 3.8) is 0 Å².